The van der Waals surface area contributed by atoms with Crippen molar-refractivity contribution in [3.05, 3.63) is 107 Å². The monoisotopic (exact) mass is 397 g/mol. The van der Waals surface area contributed by atoms with Gasteiger partial charge in [0.15, 0.2) is 0 Å². The molecule has 0 aliphatic heterocycles. The Kier molecular flexibility index (Phi) is 5.97. The van der Waals surface area contributed by atoms with Gasteiger partial charge < -0.3 is 5.32 Å². The Morgan fingerprint density at radius 1 is 0.897 bits per heavy atom. The molecule has 3 aromatic rings. The lowest BCUT2D eigenvalue weighted by molar-refractivity contribution is -0.120. The second kappa shape index (κ2) is 8.97. The fourth-order valence-corrected chi connectivity index (χ4v) is 3.94. The highest BCUT2D eigenvalue weighted by molar-refractivity contribution is 7.98. The molecule has 0 aromatic heterocycles. The van der Waals surface area contributed by atoms with E-state index in [1.54, 1.807) is 11.8 Å². The van der Waals surface area contributed by atoms with Crippen LogP contribution in [0.4, 0.5) is 0 Å². The molecule has 3 aromatic carbocycles. The van der Waals surface area contributed by atoms with Crippen molar-refractivity contribution in [2.45, 2.75) is 17.9 Å². The van der Waals surface area contributed by atoms with Crippen LogP contribution in [-0.4, -0.2) is 12.2 Å². The molecule has 1 aliphatic carbocycles. The molecule has 4 rings (SSSR count). The smallest absolute Gasteiger partial charge is 0.224 e. The minimum absolute atomic E-state index is 0.0421. The Morgan fingerprint density at radius 3 is 2.31 bits per heavy atom. The highest BCUT2D eigenvalue weighted by Crippen LogP contribution is 2.38. The third-order valence-electron chi connectivity index (χ3n) is 5.04. The van der Waals surface area contributed by atoms with Crippen molar-refractivity contribution in [2.75, 3.05) is 6.26 Å². The molecule has 0 unspecified atom stereocenters. The molecule has 1 N–H and O–H groups in total. The largest absolute Gasteiger partial charge is 0.352 e. The van der Waals surface area contributed by atoms with Crippen molar-refractivity contribution in [1.29, 1.82) is 0 Å². The van der Waals surface area contributed by atoms with Crippen molar-refractivity contribution in [2.24, 2.45) is 0 Å². The zero-order chi connectivity index (χ0) is 20.1. The Balaban J connectivity index is 1.52. The lowest BCUT2D eigenvalue weighted by Gasteiger charge is -2.07. The first-order valence-corrected chi connectivity index (χ1v) is 10.9. The Labute approximate surface area is 176 Å². The standard InChI is InChI=1S/C26H23NOS/c1-29-23-13-11-19(12-14-23)15-21-16-22(25-10-6-5-9-24(21)25)17-26(28)27-18-20-7-3-2-4-8-20/h2-16H,17-18H2,1H3,(H,27,28)/b21-15+. The van der Waals surface area contributed by atoms with E-state index in [0.717, 1.165) is 22.3 Å². The SMILES string of the molecule is CSc1ccc(/C=C2\C=C(CC(=O)NCc3ccccc3)c3ccccc32)cc1. The van der Waals surface area contributed by atoms with E-state index in [2.05, 4.69) is 66.2 Å². The number of carbonyl (C=O) groups is 1. The van der Waals surface area contributed by atoms with Gasteiger partial charge in [-0.1, -0.05) is 66.7 Å². The summed E-state index contributed by atoms with van der Waals surface area (Å²) in [4.78, 5) is 13.8. The van der Waals surface area contributed by atoms with Gasteiger partial charge in [-0.2, -0.15) is 0 Å². The number of hydrogen-bond acceptors (Lipinski definition) is 2. The molecule has 0 atom stereocenters. The Hall–Kier alpha value is -3.04. The van der Waals surface area contributed by atoms with Gasteiger partial charge in [0, 0.05) is 11.4 Å². The van der Waals surface area contributed by atoms with Crippen LogP contribution in [0.1, 0.15) is 28.7 Å². The van der Waals surface area contributed by atoms with E-state index in [1.807, 2.05) is 36.4 Å². The molecule has 3 heteroatoms. The molecule has 144 valence electrons. The quantitative estimate of drug-likeness (QED) is 0.513. The van der Waals surface area contributed by atoms with Gasteiger partial charge in [0.1, 0.15) is 0 Å². The van der Waals surface area contributed by atoms with Crippen molar-refractivity contribution < 1.29 is 4.79 Å². The first-order chi connectivity index (χ1) is 14.2. The van der Waals surface area contributed by atoms with E-state index in [1.165, 1.54) is 16.0 Å². The van der Waals surface area contributed by atoms with Crippen LogP contribution in [0.5, 0.6) is 0 Å². The summed E-state index contributed by atoms with van der Waals surface area (Å²) in [6.45, 7) is 0.555. The van der Waals surface area contributed by atoms with Gasteiger partial charge >= 0.3 is 0 Å². The average molecular weight is 398 g/mol. The van der Waals surface area contributed by atoms with Crippen LogP contribution in [0.15, 0.2) is 89.8 Å². The van der Waals surface area contributed by atoms with Crippen molar-refractivity contribution in [1.82, 2.24) is 5.32 Å². The third kappa shape index (κ3) is 4.69. The molecule has 0 heterocycles. The summed E-state index contributed by atoms with van der Waals surface area (Å²) < 4.78 is 0. The van der Waals surface area contributed by atoms with E-state index in [-0.39, 0.29) is 5.91 Å². The van der Waals surface area contributed by atoms with Gasteiger partial charge in [0.05, 0.1) is 6.42 Å². The maximum absolute atomic E-state index is 12.5. The van der Waals surface area contributed by atoms with Gasteiger partial charge in [-0.25, -0.2) is 0 Å². The molecule has 0 saturated heterocycles. The van der Waals surface area contributed by atoms with E-state index in [4.69, 9.17) is 0 Å². The molecule has 0 bridgehead atoms. The number of benzene rings is 3. The van der Waals surface area contributed by atoms with Crippen molar-refractivity contribution in [3.63, 3.8) is 0 Å². The van der Waals surface area contributed by atoms with E-state index in [9.17, 15) is 4.79 Å². The summed E-state index contributed by atoms with van der Waals surface area (Å²) in [6, 6.07) is 26.9. The lowest BCUT2D eigenvalue weighted by Crippen LogP contribution is -2.22. The summed E-state index contributed by atoms with van der Waals surface area (Å²) in [5.41, 5.74) is 6.83. The zero-order valence-corrected chi connectivity index (χ0v) is 17.2. The summed E-state index contributed by atoms with van der Waals surface area (Å²) in [5.74, 6) is 0.0421. The molecule has 0 radical (unpaired) electrons. The average Bonchev–Trinajstić information content (AvgIpc) is 3.11. The number of fused-ring (bicyclic) bond motifs is 1. The lowest BCUT2D eigenvalue weighted by atomic mass is 10.0. The number of thioether (sulfide) groups is 1. The van der Waals surface area contributed by atoms with Crippen molar-refractivity contribution >= 4 is 34.9 Å². The fourth-order valence-electron chi connectivity index (χ4n) is 3.54. The number of hydrogen-bond donors (Lipinski definition) is 1. The van der Waals surface area contributed by atoms with Gasteiger partial charge in [0.25, 0.3) is 0 Å². The number of nitrogens with one attached hydrogen (secondary N) is 1. The van der Waals surface area contributed by atoms with Crippen LogP contribution in [0.25, 0.3) is 17.2 Å². The van der Waals surface area contributed by atoms with Gasteiger partial charge in [0.2, 0.25) is 5.91 Å². The molecule has 0 saturated carbocycles. The molecule has 2 nitrogen and oxygen atoms in total. The number of allylic oxidation sites excluding steroid dienone is 2. The highest BCUT2D eigenvalue weighted by atomic mass is 32.2. The first kappa shape index (κ1) is 19.3. The molecular weight excluding hydrogens is 374 g/mol. The molecule has 1 aliphatic rings. The molecule has 1 amide bonds. The van der Waals surface area contributed by atoms with Crippen LogP contribution in [0.2, 0.25) is 0 Å². The van der Waals surface area contributed by atoms with Crippen LogP contribution in [-0.2, 0) is 11.3 Å². The normalized spacial score (nSPS) is 13.8. The zero-order valence-electron chi connectivity index (χ0n) is 16.4. The summed E-state index contributed by atoms with van der Waals surface area (Å²) in [5, 5.41) is 3.03. The van der Waals surface area contributed by atoms with Crippen molar-refractivity contribution in [3.8, 4) is 0 Å². The van der Waals surface area contributed by atoms with E-state index in [0.29, 0.717) is 13.0 Å². The summed E-state index contributed by atoms with van der Waals surface area (Å²) in [7, 11) is 0. The van der Waals surface area contributed by atoms with Crippen LogP contribution in [0, 0.1) is 0 Å². The second-order valence-corrected chi connectivity index (χ2v) is 7.91. The minimum Gasteiger partial charge on any atom is -0.352 e. The summed E-state index contributed by atoms with van der Waals surface area (Å²) >= 11 is 1.74. The fraction of sp³-hybridized carbons (Fsp3) is 0.115. The van der Waals surface area contributed by atoms with Gasteiger partial charge in [-0.05, 0) is 63.9 Å². The number of rotatable bonds is 6. The Morgan fingerprint density at radius 2 is 1.59 bits per heavy atom. The van der Waals surface area contributed by atoms with Crippen LogP contribution in [0.3, 0.4) is 0 Å². The van der Waals surface area contributed by atoms with Gasteiger partial charge in [-0.15, -0.1) is 11.8 Å². The topological polar surface area (TPSA) is 29.1 Å². The maximum atomic E-state index is 12.5. The first-order valence-electron chi connectivity index (χ1n) is 9.69. The predicted molar refractivity (Wildman–Crippen MR) is 123 cm³/mol. The molecular formula is C26H23NOS. The number of carbonyl (C=O) groups excluding carboxylic acids is 1. The highest BCUT2D eigenvalue weighted by Gasteiger charge is 2.19. The Bertz CT molecular complexity index is 1070. The molecule has 29 heavy (non-hydrogen) atoms. The minimum atomic E-state index is 0.0421. The molecule has 0 spiro atoms. The van der Waals surface area contributed by atoms with E-state index >= 15 is 0 Å². The van der Waals surface area contributed by atoms with Crippen LogP contribution >= 0.6 is 11.8 Å². The number of amides is 1. The van der Waals surface area contributed by atoms with E-state index < -0.39 is 0 Å². The molecule has 0 fully saturated rings. The second-order valence-electron chi connectivity index (χ2n) is 7.03. The third-order valence-corrected chi connectivity index (χ3v) is 5.78. The van der Waals surface area contributed by atoms with Gasteiger partial charge in [-0.3, -0.25) is 4.79 Å². The summed E-state index contributed by atoms with van der Waals surface area (Å²) in [6.07, 6.45) is 6.80. The van der Waals surface area contributed by atoms with Crippen LogP contribution < -0.4 is 5.32 Å². The maximum Gasteiger partial charge on any atom is 0.224 e. The predicted octanol–water partition coefficient (Wildman–Crippen LogP) is 6.05.